The van der Waals surface area contributed by atoms with Gasteiger partial charge in [0.2, 0.25) is 0 Å². The zero-order valence-corrected chi connectivity index (χ0v) is 17.3. The third-order valence-corrected chi connectivity index (χ3v) is 4.83. The Hall–Kier alpha value is -2.64. The third kappa shape index (κ3) is 6.44. The number of aromatic nitrogens is 3. The number of fused-ring (bicyclic) bond motifs is 1. The summed E-state index contributed by atoms with van der Waals surface area (Å²) in [6.45, 7) is 7.00. The van der Waals surface area contributed by atoms with Crippen LogP contribution in [0.1, 0.15) is 44.8 Å². The third-order valence-electron chi connectivity index (χ3n) is 4.83. The molecule has 8 heteroatoms. The standard InChI is InChI=1S/C21H31FN6O/c1-3-23-21(25-15-16(2)29-18-10-8-17(22)9-11-18)24-13-12-20-27-26-19-7-5-4-6-14-28(19)20/h8-11,16H,3-7,12-15H2,1-2H3,(H2,23,24,25). The Morgan fingerprint density at radius 3 is 2.83 bits per heavy atom. The molecule has 1 aliphatic rings. The van der Waals surface area contributed by atoms with E-state index in [2.05, 4.69) is 30.4 Å². The van der Waals surface area contributed by atoms with E-state index in [1.54, 1.807) is 12.1 Å². The van der Waals surface area contributed by atoms with Crippen molar-refractivity contribution in [3.63, 3.8) is 0 Å². The number of nitrogens with one attached hydrogen (secondary N) is 2. The van der Waals surface area contributed by atoms with Crippen molar-refractivity contribution in [2.75, 3.05) is 19.6 Å². The van der Waals surface area contributed by atoms with Gasteiger partial charge < -0.3 is 19.9 Å². The highest BCUT2D eigenvalue weighted by molar-refractivity contribution is 5.79. The average Bonchev–Trinajstić information content (AvgIpc) is 2.94. The summed E-state index contributed by atoms with van der Waals surface area (Å²) in [5.41, 5.74) is 0. The average molecular weight is 403 g/mol. The summed E-state index contributed by atoms with van der Waals surface area (Å²) >= 11 is 0. The number of guanidine groups is 1. The summed E-state index contributed by atoms with van der Waals surface area (Å²) in [7, 11) is 0. The molecule has 0 saturated carbocycles. The first-order chi connectivity index (χ1) is 14.2. The van der Waals surface area contributed by atoms with Crippen molar-refractivity contribution in [1.82, 2.24) is 25.4 Å². The fourth-order valence-corrected chi connectivity index (χ4v) is 3.37. The van der Waals surface area contributed by atoms with Crippen molar-refractivity contribution in [2.24, 2.45) is 4.99 Å². The number of ether oxygens (including phenoxy) is 1. The summed E-state index contributed by atoms with van der Waals surface area (Å²) in [5, 5.41) is 15.3. The van der Waals surface area contributed by atoms with Crippen LogP contribution in [-0.4, -0.2) is 46.5 Å². The molecular formula is C21H31FN6O. The summed E-state index contributed by atoms with van der Waals surface area (Å²) in [6, 6.07) is 6.03. The molecule has 0 saturated heterocycles. The number of aliphatic imine (C=N–C) groups is 1. The Labute approximate surface area is 171 Å². The van der Waals surface area contributed by atoms with E-state index in [9.17, 15) is 4.39 Å². The molecule has 1 unspecified atom stereocenters. The Kier molecular flexibility index (Phi) is 7.84. The summed E-state index contributed by atoms with van der Waals surface area (Å²) < 4.78 is 21.1. The van der Waals surface area contributed by atoms with Gasteiger partial charge in [0.15, 0.2) is 5.96 Å². The van der Waals surface area contributed by atoms with Crippen LogP contribution in [0.2, 0.25) is 0 Å². The molecule has 1 aliphatic heterocycles. The van der Waals surface area contributed by atoms with Gasteiger partial charge in [-0.3, -0.25) is 0 Å². The largest absolute Gasteiger partial charge is 0.489 e. The highest BCUT2D eigenvalue weighted by atomic mass is 19.1. The smallest absolute Gasteiger partial charge is 0.191 e. The van der Waals surface area contributed by atoms with E-state index in [0.29, 0.717) is 12.3 Å². The van der Waals surface area contributed by atoms with Crippen LogP contribution in [0.15, 0.2) is 29.3 Å². The molecule has 0 spiro atoms. The van der Waals surface area contributed by atoms with Crippen LogP contribution in [0.3, 0.4) is 0 Å². The van der Waals surface area contributed by atoms with Gasteiger partial charge in [-0.25, -0.2) is 9.38 Å². The number of aryl methyl sites for hydroxylation is 1. The zero-order valence-electron chi connectivity index (χ0n) is 17.3. The lowest BCUT2D eigenvalue weighted by molar-refractivity contribution is 0.230. The molecule has 2 heterocycles. The van der Waals surface area contributed by atoms with Crippen LogP contribution in [-0.2, 0) is 19.4 Å². The predicted molar refractivity (Wildman–Crippen MR) is 112 cm³/mol. The molecule has 158 valence electrons. The maximum Gasteiger partial charge on any atom is 0.191 e. The van der Waals surface area contributed by atoms with E-state index in [1.165, 1.54) is 31.4 Å². The molecule has 0 amide bonds. The molecule has 0 aliphatic carbocycles. The second-order valence-electron chi connectivity index (χ2n) is 7.27. The van der Waals surface area contributed by atoms with Gasteiger partial charge in [0, 0.05) is 32.5 Å². The number of nitrogens with zero attached hydrogens (tertiary/aromatic N) is 4. The van der Waals surface area contributed by atoms with E-state index >= 15 is 0 Å². The second-order valence-corrected chi connectivity index (χ2v) is 7.27. The van der Waals surface area contributed by atoms with Gasteiger partial charge in [0.1, 0.15) is 29.3 Å². The van der Waals surface area contributed by atoms with Gasteiger partial charge >= 0.3 is 0 Å². The van der Waals surface area contributed by atoms with Crippen LogP contribution >= 0.6 is 0 Å². The zero-order chi connectivity index (χ0) is 20.5. The summed E-state index contributed by atoms with van der Waals surface area (Å²) in [4.78, 5) is 4.60. The van der Waals surface area contributed by atoms with Crippen LogP contribution in [0.4, 0.5) is 4.39 Å². The second kappa shape index (κ2) is 10.8. The van der Waals surface area contributed by atoms with Gasteiger partial charge in [-0.2, -0.15) is 0 Å². The van der Waals surface area contributed by atoms with Crippen LogP contribution in [0.5, 0.6) is 5.75 Å². The molecule has 0 bridgehead atoms. The molecule has 2 N–H and O–H groups in total. The fraction of sp³-hybridized carbons (Fsp3) is 0.571. The van der Waals surface area contributed by atoms with Gasteiger partial charge in [-0.05, 0) is 51.0 Å². The molecule has 0 radical (unpaired) electrons. The van der Waals surface area contributed by atoms with Crippen LogP contribution in [0, 0.1) is 5.82 Å². The fourth-order valence-electron chi connectivity index (χ4n) is 3.37. The van der Waals surface area contributed by atoms with Crippen LogP contribution < -0.4 is 15.4 Å². The van der Waals surface area contributed by atoms with E-state index in [4.69, 9.17) is 4.74 Å². The normalized spacial score (nSPS) is 15.3. The quantitative estimate of drug-likeness (QED) is 0.524. The van der Waals surface area contributed by atoms with Gasteiger partial charge in [0.25, 0.3) is 0 Å². The van der Waals surface area contributed by atoms with Crippen molar-refractivity contribution in [2.45, 2.75) is 58.6 Å². The minimum Gasteiger partial charge on any atom is -0.489 e. The molecular weight excluding hydrogens is 371 g/mol. The van der Waals surface area contributed by atoms with Crippen molar-refractivity contribution < 1.29 is 9.13 Å². The molecule has 1 aromatic carbocycles. The van der Waals surface area contributed by atoms with E-state index in [-0.39, 0.29) is 11.9 Å². The minimum absolute atomic E-state index is 0.122. The minimum atomic E-state index is -0.272. The maximum absolute atomic E-state index is 13.0. The molecule has 3 rings (SSSR count). The number of hydrogen-bond acceptors (Lipinski definition) is 4. The maximum atomic E-state index is 13.0. The number of benzene rings is 1. The lowest BCUT2D eigenvalue weighted by Crippen LogP contribution is -2.39. The van der Waals surface area contributed by atoms with Crippen molar-refractivity contribution in [1.29, 1.82) is 0 Å². The first-order valence-electron chi connectivity index (χ1n) is 10.5. The molecule has 7 nitrogen and oxygen atoms in total. The number of halogens is 1. The van der Waals surface area contributed by atoms with Gasteiger partial charge in [-0.15, -0.1) is 10.2 Å². The van der Waals surface area contributed by atoms with E-state index < -0.39 is 0 Å². The first-order valence-corrected chi connectivity index (χ1v) is 10.5. The van der Waals surface area contributed by atoms with Crippen LogP contribution in [0.25, 0.3) is 0 Å². The van der Waals surface area contributed by atoms with E-state index in [1.807, 2.05) is 13.8 Å². The highest BCUT2D eigenvalue weighted by Gasteiger charge is 2.14. The lowest BCUT2D eigenvalue weighted by Gasteiger charge is -2.15. The molecule has 1 aromatic heterocycles. The topological polar surface area (TPSA) is 76.4 Å². The molecule has 2 aromatic rings. The Morgan fingerprint density at radius 1 is 1.21 bits per heavy atom. The van der Waals surface area contributed by atoms with Gasteiger partial charge in [0.05, 0.1) is 6.54 Å². The van der Waals surface area contributed by atoms with E-state index in [0.717, 1.165) is 50.1 Å². The Balaban J connectivity index is 1.49. The van der Waals surface area contributed by atoms with Crippen molar-refractivity contribution in [3.8, 4) is 5.75 Å². The lowest BCUT2D eigenvalue weighted by atomic mass is 10.2. The Bertz CT molecular complexity index is 789. The van der Waals surface area contributed by atoms with Crippen molar-refractivity contribution >= 4 is 5.96 Å². The van der Waals surface area contributed by atoms with Crippen molar-refractivity contribution in [3.05, 3.63) is 41.7 Å². The molecule has 1 atom stereocenters. The summed E-state index contributed by atoms with van der Waals surface area (Å²) in [5.74, 6) is 3.27. The molecule has 29 heavy (non-hydrogen) atoms. The SMILES string of the molecule is CCNC(=NCC(C)Oc1ccc(F)cc1)NCCc1nnc2n1CCCCC2. The molecule has 0 fully saturated rings. The predicted octanol–water partition coefficient (Wildman–Crippen LogP) is 2.71. The Morgan fingerprint density at radius 2 is 2.03 bits per heavy atom. The monoisotopic (exact) mass is 402 g/mol. The number of hydrogen-bond donors (Lipinski definition) is 2. The first kappa shape index (κ1) is 21.1. The van der Waals surface area contributed by atoms with Gasteiger partial charge in [-0.1, -0.05) is 6.42 Å². The highest BCUT2D eigenvalue weighted by Crippen LogP contribution is 2.15. The number of rotatable bonds is 8. The summed E-state index contributed by atoms with van der Waals surface area (Å²) in [6.07, 6.45) is 5.36.